The molecule has 2 aromatic rings. The van der Waals surface area contributed by atoms with Crippen LogP contribution in [0.2, 0.25) is 0 Å². The number of methoxy groups -OCH3 is 2. The molecule has 23 heavy (non-hydrogen) atoms. The molecular weight excluding hydrogens is 304 g/mol. The van der Waals surface area contributed by atoms with Crippen molar-refractivity contribution in [2.24, 2.45) is 0 Å². The highest BCUT2D eigenvalue weighted by Crippen LogP contribution is 2.35. The number of hydrogen-bond acceptors (Lipinski definition) is 6. The molecule has 0 radical (unpaired) electrons. The molecule has 122 valence electrons. The number of hydrogen-bond donors (Lipinski definition) is 0. The van der Waals surface area contributed by atoms with E-state index in [-0.39, 0.29) is 29.3 Å². The molecule has 8 heteroatoms. The molecular formula is C15H16N2O6. The highest BCUT2D eigenvalue weighted by Gasteiger charge is 2.26. The van der Waals surface area contributed by atoms with E-state index in [4.69, 9.17) is 13.9 Å². The van der Waals surface area contributed by atoms with Crippen molar-refractivity contribution in [3.05, 3.63) is 52.0 Å². The number of ether oxygens (including phenoxy) is 2. The van der Waals surface area contributed by atoms with E-state index in [1.54, 1.807) is 12.1 Å². The van der Waals surface area contributed by atoms with Crippen molar-refractivity contribution in [2.45, 2.75) is 6.54 Å². The van der Waals surface area contributed by atoms with Gasteiger partial charge >= 0.3 is 0 Å². The number of nitro groups is 1. The van der Waals surface area contributed by atoms with E-state index >= 15 is 0 Å². The third-order valence-corrected chi connectivity index (χ3v) is 3.25. The van der Waals surface area contributed by atoms with Gasteiger partial charge in [0.15, 0.2) is 11.5 Å². The Morgan fingerprint density at radius 2 is 1.96 bits per heavy atom. The fourth-order valence-corrected chi connectivity index (χ4v) is 2.10. The molecule has 1 aromatic heterocycles. The van der Waals surface area contributed by atoms with Gasteiger partial charge in [-0.1, -0.05) is 0 Å². The van der Waals surface area contributed by atoms with Gasteiger partial charge in [-0.2, -0.15) is 0 Å². The van der Waals surface area contributed by atoms with Gasteiger partial charge in [-0.15, -0.1) is 0 Å². The lowest BCUT2D eigenvalue weighted by Crippen LogP contribution is -2.26. The summed E-state index contributed by atoms with van der Waals surface area (Å²) in [6.07, 6.45) is 1.49. The average molecular weight is 320 g/mol. The third-order valence-electron chi connectivity index (χ3n) is 3.25. The van der Waals surface area contributed by atoms with E-state index in [2.05, 4.69) is 0 Å². The summed E-state index contributed by atoms with van der Waals surface area (Å²) in [7, 11) is 4.29. The van der Waals surface area contributed by atoms with Gasteiger partial charge in [-0.05, 0) is 12.1 Å². The summed E-state index contributed by atoms with van der Waals surface area (Å²) in [5.74, 6) is 0.482. The zero-order valence-electron chi connectivity index (χ0n) is 12.9. The first-order valence-corrected chi connectivity index (χ1v) is 6.66. The molecule has 0 aliphatic rings. The van der Waals surface area contributed by atoms with E-state index in [1.165, 1.54) is 44.6 Å². The van der Waals surface area contributed by atoms with Crippen molar-refractivity contribution >= 4 is 11.6 Å². The first-order valence-electron chi connectivity index (χ1n) is 6.66. The Balaban J connectivity index is 2.39. The summed E-state index contributed by atoms with van der Waals surface area (Å²) >= 11 is 0. The summed E-state index contributed by atoms with van der Waals surface area (Å²) in [6, 6.07) is 5.89. The van der Waals surface area contributed by atoms with Crippen LogP contribution in [0.5, 0.6) is 11.5 Å². The molecule has 0 bridgehead atoms. The fourth-order valence-electron chi connectivity index (χ4n) is 2.10. The van der Waals surface area contributed by atoms with Gasteiger partial charge in [0, 0.05) is 13.1 Å². The van der Waals surface area contributed by atoms with E-state index in [9.17, 15) is 14.9 Å². The maximum atomic E-state index is 12.5. The van der Waals surface area contributed by atoms with Gasteiger partial charge in [0.1, 0.15) is 11.3 Å². The number of carbonyl (C=O) groups excluding carboxylic acids is 1. The Hall–Kier alpha value is -3.03. The Bertz CT molecular complexity index is 711. The average Bonchev–Trinajstić information content (AvgIpc) is 3.05. The molecule has 0 aliphatic heterocycles. The van der Waals surface area contributed by atoms with Crippen LogP contribution in [0.3, 0.4) is 0 Å². The van der Waals surface area contributed by atoms with E-state index in [1.807, 2.05) is 0 Å². The fraction of sp³-hybridized carbons (Fsp3) is 0.267. The van der Waals surface area contributed by atoms with Crippen LogP contribution in [0, 0.1) is 10.1 Å². The first-order chi connectivity index (χ1) is 11.0. The van der Waals surface area contributed by atoms with Gasteiger partial charge in [-0.3, -0.25) is 14.9 Å². The molecule has 0 atom stereocenters. The topological polar surface area (TPSA) is 95.0 Å². The minimum atomic E-state index is -0.629. The van der Waals surface area contributed by atoms with Crippen LogP contribution in [-0.4, -0.2) is 37.0 Å². The van der Waals surface area contributed by atoms with Crippen molar-refractivity contribution in [3.63, 3.8) is 0 Å². The second kappa shape index (κ2) is 6.82. The minimum absolute atomic E-state index is 0.0818. The van der Waals surface area contributed by atoms with Gasteiger partial charge in [0.05, 0.1) is 38.0 Å². The Labute approximate surface area is 132 Å². The predicted octanol–water partition coefficient (Wildman–Crippen LogP) is 2.48. The maximum absolute atomic E-state index is 12.5. The summed E-state index contributed by atoms with van der Waals surface area (Å²) < 4.78 is 15.3. The van der Waals surface area contributed by atoms with E-state index in [0.29, 0.717) is 5.76 Å². The quantitative estimate of drug-likeness (QED) is 0.599. The van der Waals surface area contributed by atoms with Crippen LogP contribution in [0.25, 0.3) is 0 Å². The molecule has 0 N–H and O–H groups in total. The second-order valence-electron chi connectivity index (χ2n) is 4.72. The summed E-state index contributed by atoms with van der Waals surface area (Å²) in [5.41, 5.74) is -0.430. The van der Waals surface area contributed by atoms with Crippen LogP contribution in [0.15, 0.2) is 34.9 Å². The van der Waals surface area contributed by atoms with E-state index < -0.39 is 10.8 Å². The largest absolute Gasteiger partial charge is 0.493 e. The standard InChI is InChI=1S/C15H16N2O6/c1-16(9-10-5-4-6-23-10)15(18)11-7-13(21-2)14(22-3)8-12(11)17(19)20/h4-8H,9H2,1-3H3. The van der Waals surface area contributed by atoms with Crippen LogP contribution < -0.4 is 9.47 Å². The lowest BCUT2D eigenvalue weighted by molar-refractivity contribution is -0.385. The summed E-state index contributed by atoms with van der Waals surface area (Å²) in [4.78, 5) is 24.5. The summed E-state index contributed by atoms with van der Waals surface area (Å²) in [6.45, 7) is 0.192. The minimum Gasteiger partial charge on any atom is -0.493 e. The zero-order chi connectivity index (χ0) is 17.0. The molecule has 1 heterocycles. The third kappa shape index (κ3) is 3.42. The molecule has 8 nitrogen and oxygen atoms in total. The Kier molecular flexibility index (Phi) is 4.85. The number of nitro benzene ring substituents is 1. The molecule has 2 rings (SSSR count). The van der Waals surface area contributed by atoms with Gasteiger partial charge in [-0.25, -0.2) is 0 Å². The summed E-state index contributed by atoms with van der Waals surface area (Å²) in [5, 5.41) is 11.3. The van der Waals surface area contributed by atoms with Crippen molar-refractivity contribution < 1.29 is 23.6 Å². The molecule has 0 aliphatic carbocycles. The Morgan fingerprint density at radius 1 is 1.30 bits per heavy atom. The lowest BCUT2D eigenvalue weighted by atomic mass is 10.1. The monoisotopic (exact) mass is 320 g/mol. The van der Waals surface area contributed by atoms with Gasteiger partial charge in [0.25, 0.3) is 11.6 Å². The molecule has 0 spiro atoms. The van der Waals surface area contributed by atoms with Crippen molar-refractivity contribution in [1.29, 1.82) is 0 Å². The van der Waals surface area contributed by atoms with Crippen molar-refractivity contribution in [2.75, 3.05) is 21.3 Å². The van der Waals surface area contributed by atoms with E-state index in [0.717, 1.165) is 0 Å². The van der Waals surface area contributed by atoms with Gasteiger partial charge < -0.3 is 18.8 Å². The number of benzene rings is 1. The molecule has 0 saturated heterocycles. The van der Waals surface area contributed by atoms with Crippen LogP contribution in [0.4, 0.5) is 5.69 Å². The number of nitrogens with zero attached hydrogens (tertiary/aromatic N) is 2. The molecule has 0 saturated carbocycles. The number of furan rings is 1. The second-order valence-corrected chi connectivity index (χ2v) is 4.72. The van der Waals surface area contributed by atoms with Crippen LogP contribution in [-0.2, 0) is 6.54 Å². The molecule has 1 amide bonds. The molecule has 0 fully saturated rings. The molecule has 0 unspecified atom stereocenters. The number of amides is 1. The highest BCUT2D eigenvalue weighted by atomic mass is 16.6. The predicted molar refractivity (Wildman–Crippen MR) is 80.7 cm³/mol. The Morgan fingerprint density at radius 3 is 2.48 bits per heavy atom. The highest BCUT2D eigenvalue weighted by molar-refractivity contribution is 5.98. The molecule has 1 aromatic carbocycles. The number of carbonyl (C=O) groups is 1. The SMILES string of the molecule is COc1cc(C(=O)N(C)Cc2ccco2)c([N+](=O)[O-])cc1OC. The van der Waals surface area contributed by atoms with Crippen molar-refractivity contribution in [3.8, 4) is 11.5 Å². The first kappa shape index (κ1) is 16.3. The zero-order valence-corrected chi connectivity index (χ0v) is 12.9. The van der Waals surface area contributed by atoms with Gasteiger partial charge in [0.2, 0.25) is 0 Å². The van der Waals surface area contributed by atoms with Crippen LogP contribution in [0.1, 0.15) is 16.1 Å². The maximum Gasteiger partial charge on any atom is 0.286 e. The normalized spacial score (nSPS) is 10.2. The van der Waals surface area contributed by atoms with Crippen molar-refractivity contribution in [1.82, 2.24) is 4.90 Å². The smallest absolute Gasteiger partial charge is 0.286 e. The number of rotatable bonds is 6. The van der Waals surface area contributed by atoms with Crippen LogP contribution >= 0.6 is 0 Å². The lowest BCUT2D eigenvalue weighted by Gasteiger charge is -2.17.